The molecule has 0 unspecified atom stereocenters. The highest BCUT2D eigenvalue weighted by molar-refractivity contribution is 7.07. The fourth-order valence-electron chi connectivity index (χ4n) is 5.71. The number of benzene rings is 3. The lowest BCUT2D eigenvalue weighted by molar-refractivity contribution is 0.0600. The number of furan rings is 1. The first-order chi connectivity index (χ1) is 20.5. The number of nitrogens with zero attached hydrogens (tertiary/aromatic N) is 2. The van der Waals surface area contributed by atoms with Gasteiger partial charge in [-0.1, -0.05) is 59.9 Å². The molecule has 1 atom stereocenters. The Morgan fingerprint density at radius 2 is 1.76 bits per heavy atom. The SMILES string of the molecule is COC(=O)c1ccc(-c2ccc(/C=c3\sc4n(c3=O)[C@@H](c3ccc(OC)cc3)C3=C(N=4)c4ccccc4CC3)o2)cc1. The first-order valence-electron chi connectivity index (χ1n) is 13.6. The maximum atomic E-state index is 14.0. The van der Waals surface area contributed by atoms with E-state index >= 15 is 0 Å². The van der Waals surface area contributed by atoms with Crippen molar-refractivity contribution >= 4 is 29.1 Å². The van der Waals surface area contributed by atoms with Gasteiger partial charge in [0.25, 0.3) is 5.56 Å². The Bertz CT molecular complexity index is 2050. The predicted octanol–water partition coefficient (Wildman–Crippen LogP) is 5.37. The lowest BCUT2D eigenvalue weighted by Gasteiger charge is -2.30. The Hall–Kier alpha value is -4.95. The van der Waals surface area contributed by atoms with E-state index in [0.717, 1.165) is 46.6 Å². The molecule has 7 nitrogen and oxygen atoms in total. The summed E-state index contributed by atoms with van der Waals surface area (Å²) >= 11 is 1.36. The topological polar surface area (TPSA) is 83.0 Å². The molecule has 0 N–H and O–H groups in total. The van der Waals surface area contributed by atoms with E-state index in [-0.39, 0.29) is 11.6 Å². The monoisotopic (exact) mass is 574 g/mol. The van der Waals surface area contributed by atoms with Crippen LogP contribution in [0.3, 0.4) is 0 Å². The molecule has 42 heavy (non-hydrogen) atoms. The molecule has 8 heteroatoms. The molecular formula is C34H26N2O5S. The van der Waals surface area contributed by atoms with Crippen molar-refractivity contribution < 1.29 is 18.7 Å². The highest BCUT2D eigenvalue weighted by atomic mass is 32.1. The maximum absolute atomic E-state index is 14.0. The summed E-state index contributed by atoms with van der Waals surface area (Å²) in [6, 6.07) is 26.7. The first kappa shape index (κ1) is 26.0. The summed E-state index contributed by atoms with van der Waals surface area (Å²) in [5.74, 6) is 1.56. The normalized spacial score (nSPS) is 15.9. The van der Waals surface area contributed by atoms with E-state index in [0.29, 0.717) is 26.4 Å². The van der Waals surface area contributed by atoms with Gasteiger partial charge in [0.05, 0.1) is 36.1 Å². The second-order valence-corrected chi connectivity index (χ2v) is 11.2. The van der Waals surface area contributed by atoms with Crippen molar-refractivity contribution in [3.63, 3.8) is 0 Å². The van der Waals surface area contributed by atoms with E-state index in [1.807, 2.05) is 47.0 Å². The number of fused-ring (bicyclic) bond motifs is 3. The summed E-state index contributed by atoms with van der Waals surface area (Å²) in [6.45, 7) is 0. The minimum Gasteiger partial charge on any atom is -0.497 e. The molecule has 1 aliphatic carbocycles. The molecule has 3 aromatic carbocycles. The van der Waals surface area contributed by atoms with Crippen molar-refractivity contribution in [2.45, 2.75) is 18.9 Å². The molecule has 0 spiro atoms. The minimum absolute atomic E-state index is 0.106. The molecule has 7 rings (SSSR count). The fourth-order valence-corrected chi connectivity index (χ4v) is 6.69. The van der Waals surface area contributed by atoms with Gasteiger partial charge < -0.3 is 13.9 Å². The first-order valence-corrected chi connectivity index (χ1v) is 14.4. The molecule has 0 saturated carbocycles. The number of aryl methyl sites for hydroxylation is 1. The lowest BCUT2D eigenvalue weighted by atomic mass is 9.83. The van der Waals surface area contributed by atoms with Crippen molar-refractivity contribution in [3.05, 3.63) is 138 Å². The largest absolute Gasteiger partial charge is 0.497 e. The number of ether oxygens (including phenoxy) is 2. The van der Waals surface area contributed by atoms with E-state index in [1.54, 1.807) is 37.5 Å². The molecule has 0 amide bonds. The molecule has 208 valence electrons. The second-order valence-electron chi connectivity index (χ2n) is 10.2. The van der Waals surface area contributed by atoms with E-state index in [1.165, 1.54) is 24.0 Å². The van der Waals surface area contributed by atoms with Crippen LogP contribution in [0.2, 0.25) is 0 Å². The van der Waals surface area contributed by atoms with Crippen molar-refractivity contribution in [2.75, 3.05) is 14.2 Å². The summed E-state index contributed by atoms with van der Waals surface area (Å²) in [5, 5.41) is 0. The van der Waals surface area contributed by atoms with Crippen LogP contribution in [0.25, 0.3) is 23.1 Å². The summed E-state index contributed by atoms with van der Waals surface area (Å²) < 4.78 is 18.6. The highest BCUT2D eigenvalue weighted by Crippen LogP contribution is 2.41. The van der Waals surface area contributed by atoms with Crippen LogP contribution < -0.4 is 19.6 Å². The van der Waals surface area contributed by atoms with Gasteiger partial charge in [0.15, 0.2) is 4.80 Å². The summed E-state index contributed by atoms with van der Waals surface area (Å²) in [4.78, 5) is 31.5. The lowest BCUT2D eigenvalue weighted by Crippen LogP contribution is -2.38. The van der Waals surface area contributed by atoms with Crippen LogP contribution in [0.5, 0.6) is 5.75 Å². The van der Waals surface area contributed by atoms with Crippen LogP contribution >= 0.6 is 11.3 Å². The van der Waals surface area contributed by atoms with Crippen LogP contribution in [0, 0.1) is 0 Å². The zero-order valence-electron chi connectivity index (χ0n) is 23.0. The van der Waals surface area contributed by atoms with Gasteiger partial charge in [0, 0.05) is 17.2 Å². The van der Waals surface area contributed by atoms with E-state index in [9.17, 15) is 9.59 Å². The third-order valence-electron chi connectivity index (χ3n) is 7.80. The van der Waals surface area contributed by atoms with Gasteiger partial charge in [-0.3, -0.25) is 9.36 Å². The molecule has 0 radical (unpaired) electrons. The van der Waals surface area contributed by atoms with E-state index < -0.39 is 5.97 Å². The number of hydrogen-bond donors (Lipinski definition) is 0. The number of methoxy groups -OCH3 is 2. The quantitative estimate of drug-likeness (QED) is 0.264. The molecule has 3 heterocycles. The Balaban J connectivity index is 1.33. The van der Waals surface area contributed by atoms with Gasteiger partial charge in [-0.05, 0) is 65.9 Å². The Morgan fingerprint density at radius 1 is 0.976 bits per heavy atom. The van der Waals surface area contributed by atoms with Crippen molar-refractivity contribution in [1.29, 1.82) is 0 Å². The van der Waals surface area contributed by atoms with E-state index in [2.05, 4.69) is 18.2 Å². The van der Waals surface area contributed by atoms with Crippen molar-refractivity contribution in [1.82, 2.24) is 4.57 Å². The number of esters is 1. The van der Waals surface area contributed by atoms with Crippen molar-refractivity contribution in [2.24, 2.45) is 4.99 Å². The van der Waals surface area contributed by atoms with Crippen LogP contribution in [0.4, 0.5) is 0 Å². The summed E-state index contributed by atoms with van der Waals surface area (Å²) in [5.41, 5.74) is 6.70. The van der Waals surface area contributed by atoms with Gasteiger partial charge in [-0.15, -0.1) is 0 Å². The summed E-state index contributed by atoms with van der Waals surface area (Å²) in [6.07, 6.45) is 3.50. The Morgan fingerprint density at radius 3 is 2.52 bits per heavy atom. The smallest absolute Gasteiger partial charge is 0.337 e. The van der Waals surface area contributed by atoms with Gasteiger partial charge >= 0.3 is 5.97 Å². The maximum Gasteiger partial charge on any atom is 0.337 e. The third-order valence-corrected chi connectivity index (χ3v) is 8.78. The molecule has 0 fully saturated rings. The fraction of sp³-hybridized carbons (Fsp3) is 0.147. The van der Waals surface area contributed by atoms with Crippen LogP contribution in [-0.4, -0.2) is 24.8 Å². The van der Waals surface area contributed by atoms with Crippen LogP contribution in [0.1, 0.15) is 45.3 Å². The van der Waals surface area contributed by atoms with Crippen LogP contribution in [-0.2, 0) is 11.2 Å². The Labute approximate surface area is 245 Å². The number of rotatable bonds is 5. The number of carbonyl (C=O) groups excluding carboxylic acids is 1. The molecule has 0 saturated heterocycles. The van der Waals surface area contributed by atoms with Gasteiger partial charge in [-0.25, -0.2) is 9.79 Å². The standard InChI is InChI=1S/C34H26N2O5S/c1-39-24-14-11-22(12-15-24)31-27-17-13-20-5-3-4-6-26(20)30(27)35-34-36(31)32(37)29(42-34)19-25-16-18-28(41-25)21-7-9-23(10-8-21)33(38)40-2/h3-12,14-16,18-19,31H,13,17H2,1-2H3/b29-19-/t31-/m0/s1. The predicted molar refractivity (Wildman–Crippen MR) is 161 cm³/mol. The van der Waals surface area contributed by atoms with E-state index in [4.69, 9.17) is 18.9 Å². The minimum atomic E-state index is -0.393. The van der Waals surface area contributed by atoms with Crippen LogP contribution in [0.15, 0.2) is 105 Å². The molecule has 0 bridgehead atoms. The van der Waals surface area contributed by atoms with Crippen molar-refractivity contribution in [3.8, 4) is 17.1 Å². The molecular weight excluding hydrogens is 548 g/mol. The molecule has 5 aromatic rings. The number of hydrogen-bond acceptors (Lipinski definition) is 7. The number of thiazole rings is 1. The van der Waals surface area contributed by atoms with Gasteiger partial charge in [0.1, 0.15) is 17.3 Å². The average Bonchev–Trinajstić information content (AvgIpc) is 3.63. The molecule has 1 aliphatic heterocycles. The number of carbonyl (C=O) groups is 1. The summed E-state index contributed by atoms with van der Waals surface area (Å²) in [7, 11) is 3.00. The third kappa shape index (κ3) is 4.40. The van der Waals surface area contributed by atoms with Gasteiger partial charge in [-0.2, -0.15) is 0 Å². The zero-order chi connectivity index (χ0) is 28.8. The number of allylic oxidation sites excluding steroid dienone is 1. The average molecular weight is 575 g/mol. The zero-order valence-corrected chi connectivity index (χ0v) is 23.8. The van der Waals surface area contributed by atoms with Gasteiger partial charge in [0.2, 0.25) is 0 Å². The highest BCUT2D eigenvalue weighted by Gasteiger charge is 2.32. The number of aromatic nitrogens is 1. The molecule has 2 aromatic heterocycles. The Kier molecular flexibility index (Phi) is 6.47. The second kappa shape index (κ2) is 10.5. The molecule has 2 aliphatic rings.